The van der Waals surface area contributed by atoms with E-state index >= 15 is 0 Å². The SMILES string of the molecule is O=C(NCC1CC1)OC1CCc2c(sc3ncnc(Nc4ccc5[nH]ncc5c4)c23)C1. The summed E-state index contributed by atoms with van der Waals surface area (Å²) < 4.78 is 5.68. The fourth-order valence-corrected chi connectivity index (χ4v) is 5.43. The summed E-state index contributed by atoms with van der Waals surface area (Å²) in [4.78, 5) is 23.3. The molecule has 3 aromatic heterocycles. The second kappa shape index (κ2) is 7.49. The van der Waals surface area contributed by atoms with E-state index in [2.05, 4.69) is 36.9 Å². The minimum absolute atomic E-state index is 0.0902. The molecule has 3 heterocycles. The zero-order valence-electron chi connectivity index (χ0n) is 16.9. The van der Waals surface area contributed by atoms with Gasteiger partial charge in [-0.15, -0.1) is 11.3 Å². The van der Waals surface area contributed by atoms with Crippen molar-refractivity contribution >= 4 is 50.1 Å². The van der Waals surface area contributed by atoms with Gasteiger partial charge in [-0.3, -0.25) is 5.10 Å². The fourth-order valence-electron chi connectivity index (χ4n) is 4.18. The summed E-state index contributed by atoms with van der Waals surface area (Å²) in [6.07, 6.45) is 7.83. The van der Waals surface area contributed by atoms with E-state index in [1.165, 1.54) is 23.3 Å². The number of hydrogen-bond acceptors (Lipinski definition) is 7. The van der Waals surface area contributed by atoms with Crippen LogP contribution in [-0.2, 0) is 17.6 Å². The Morgan fingerprint density at radius 3 is 3.10 bits per heavy atom. The second-order valence-electron chi connectivity index (χ2n) is 8.30. The lowest BCUT2D eigenvalue weighted by Gasteiger charge is -2.22. The van der Waals surface area contributed by atoms with Crippen molar-refractivity contribution in [3.05, 3.63) is 41.2 Å². The molecule has 8 nitrogen and oxygen atoms in total. The molecule has 2 aliphatic carbocycles. The first-order valence-electron chi connectivity index (χ1n) is 10.6. The van der Waals surface area contributed by atoms with Gasteiger partial charge in [0.15, 0.2) is 0 Å². The number of fused-ring (bicyclic) bond motifs is 4. The molecule has 0 aliphatic heterocycles. The molecule has 0 saturated heterocycles. The van der Waals surface area contributed by atoms with Crippen molar-refractivity contribution < 1.29 is 9.53 Å². The summed E-state index contributed by atoms with van der Waals surface area (Å²) in [6, 6.07) is 6.06. The Morgan fingerprint density at radius 2 is 2.19 bits per heavy atom. The van der Waals surface area contributed by atoms with Crippen molar-refractivity contribution in [2.24, 2.45) is 5.92 Å². The Balaban J connectivity index is 1.23. The maximum atomic E-state index is 12.1. The highest BCUT2D eigenvalue weighted by molar-refractivity contribution is 7.19. The van der Waals surface area contributed by atoms with Crippen LogP contribution in [-0.4, -0.2) is 38.9 Å². The lowest BCUT2D eigenvalue weighted by molar-refractivity contribution is 0.0900. The molecular weight excluding hydrogens is 412 g/mol. The van der Waals surface area contributed by atoms with Crippen LogP contribution in [0.3, 0.4) is 0 Å². The quantitative estimate of drug-likeness (QED) is 0.432. The van der Waals surface area contributed by atoms with Gasteiger partial charge >= 0.3 is 6.09 Å². The van der Waals surface area contributed by atoms with Crippen LogP contribution in [0.25, 0.3) is 21.1 Å². The summed E-state index contributed by atoms with van der Waals surface area (Å²) in [5, 5.41) is 15.5. The fraction of sp³-hybridized carbons (Fsp3) is 0.364. The molecule has 0 radical (unpaired) electrons. The number of hydrogen-bond donors (Lipinski definition) is 3. The lowest BCUT2D eigenvalue weighted by Crippen LogP contribution is -2.32. The molecule has 2 aliphatic rings. The molecular formula is C22H22N6O2S. The van der Waals surface area contributed by atoms with Gasteiger partial charge < -0.3 is 15.4 Å². The minimum Gasteiger partial charge on any atom is -0.446 e. The van der Waals surface area contributed by atoms with Crippen LogP contribution in [0.4, 0.5) is 16.3 Å². The molecule has 1 amide bonds. The molecule has 1 atom stereocenters. The van der Waals surface area contributed by atoms with Crippen molar-refractivity contribution in [2.75, 3.05) is 11.9 Å². The molecule has 9 heteroatoms. The number of thiophene rings is 1. The topological polar surface area (TPSA) is 105 Å². The van der Waals surface area contributed by atoms with Gasteiger partial charge in [-0.25, -0.2) is 14.8 Å². The highest BCUT2D eigenvalue weighted by Crippen LogP contribution is 2.39. The van der Waals surface area contributed by atoms with Gasteiger partial charge in [0.25, 0.3) is 0 Å². The van der Waals surface area contributed by atoms with Crippen LogP contribution >= 0.6 is 11.3 Å². The van der Waals surface area contributed by atoms with Crippen molar-refractivity contribution in [1.82, 2.24) is 25.5 Å². The number of anilines is 2. The van der Waals surface area contributed by atoms with Gasteiger partial charge in [-0.1, -0.05) is 0 Å². The van der Waals surface area contributed by atoms with Gasteiger partial charge in [0.2, 0.25) is 0 Å². The lowest BCUT2D eigenvalue weighted by atomic mass is 9.94. The number of rotatable bonds is 5. The van der Waals surface area contributed by atoms with Gasteiger partial charge in [0.05, 0.1) is 17.1 Å². The first-order valence-corrected chi connectivity index (χ1v) is 11.4. The highest BCUT2D eigenvalue weighted by Gasteiger charge is 2.28. The first-order chi connectivity index (χ1) is 15.2. The first kappa shape index (κ1) is 18.6. The van der Waals surface area contributed by atoms with Crippen LogP contribution in [0, 0.1) is 5.92 Å². The van der Waals surface area contributed by atoms with Gasteiger partial charge in [-0.05, 0) is 55.4 Å². The monoisotopic (exact) mass is 434 g/mol. The smallest absolute Gasteiger partial charge is 0.407 e. The van der Waals surface area contributed by atoms with E-state index in [0.29, 0.717) is 5.92 Å². The predicted octanol–water partition coefficient (Wildman–Crippen LogP) is 4.30. The number of aryl methyl sites for hydroxylation is 1. The summed E-state index contributed by atoms with van der Waals surface area (Å²) in [5.41, 5.74) is 3.22. The Hall–Kier alpha value is -3.20. The molecule has 1 unspecified atom stereocenters. The average Bonchev–Trinajstić information content (AvgIpc) is 3.35. The number of nitrogens with zero attached hydrogens (tertiary/aromatic N) is 3. The van der Waals surface area contributed by atoms with E-state index in [1.54, 1.807) is 17.7 Å². The molecule has 6 rings (SSSR count). The molecule has 1 fully saturated rings. The van der Waals surface area contributed by atoms with Crippen molar-refractivity contribution in [2.45, 2.75) is 38.2 Å². The van der Waals surface area contributed by atoms with Crippen LogP contribution in [0.15, 0.2) is 30.7 Å². The molecule has 4 aromatic rings. The van der Waals surface area contributed by atoms with Crippen molar-refractivity contribution in [1.29, 1.82) is 0 Å². The number of H-pyrrole nitrogens is 1. The summed E-state index contributed by atoms with van der Waals surface area (Å²) >= 11 is 1.67. The Bertz CT molecular complexity index is 1280. The maximum absolute atomic E-state index is 12.1. The van der Waals surface area contributed by atoms with E-state index in [0.717, 1.165) is 58.4 Å². The van der Waals surface area contributed by atoms with E-state index in [1.807, 2.05) is 18.3 Å². The zero-order valence-corrected chi connectivity index (χ0v) is 17.7. The predicted molar refractivity (Wildman–Crippen MR) is 120 cm³/mol. The number of amides is 1. The zero-order chi connectivity index (χ0) is 20.8. The van der Waals surface area contributed by atoms with Gasteiger partial charge in [0.1, 0.15) is 23.1 Å². The molecule has 31 heavy (non-hydrogen) atoms. The van der Waals surface area contributed by atoms with E-state index < -0.39 is 0 Å². The van der Waals surface area contributed by atoms with Crippen LogP contribution < -0.4 is 10.6 Å². The van der Waals surface area contributed by atoms with Gasteiger partial charge in [0, 0.05) is 28.9 Å². The number of alkyl carbamates (subject to hydrolysis) is 1. The second-order valence-corrected chi connectivity index (χ2v) is 9.38. The minimum atomic E-state index is -0.293. The maximum Gasteiger partial charge on any atom is 0.407 e. The standard InChI is InChI=1S/C22H22N6O2S/c29-22(23-9-12-1-2-12)30-15-4-5-16-18(8-15)31-21-19(16)20(24-11-25-21)27-14-3-6-17-13(7-14)10-26-28-17/h3,6-7,10-12,15H,1-2,4-5,8-9H2,(H,23,29)(H,26,28)(H,24,25,27). The largest absolute Gasteiger partial charge is 0.446 e. The van der Waals surface area contributed by atoms with Gasteiger partial charge in [-0.2, -0.15) is 5.10 Å². The molecule has 0 bridgehead atoms. The molecule has 1 aromatic carbocycles. The molecule has 1 saturated carbocycles. The summed E-state index contributed by atoms with van der Waals surface area (Å²) in [5.74, 6) is 1.46. The third-order valence-corrected chi connectivity index (χ3v) is 7.17. The van der Waals surface area contributed by atoms with Crippen LogP contribution in [0.2, 0.25) is 0 Å². The number of aromatic nitrogens is 4. The number of carbonyl (C=O) groups excluding carboxylic acids is 1. The number of ether oxygens (including phenoxy) is 1. The van der Waals surface area contributed by atoms with E-state index in [4.69, 9.17) is 4.74 Å². The Labute approximate surface area is 182 Å². The van der Waals surface area contributed by atoms with Crippen LogP contribution in [0.1, 0.15) is 29.7 Å². The van der Waals surface area contributed by atoms with Crippen LogP contribution in [0.5, 0.6) is 0 Å². The average molecular weight is 435 g/mol. The number of aromatic amines is 1. The third kappa shape index (κ3) is 3.69. The normalized spacial score (nSPS) is 18.1. The van der Waals surface area contributed by atoms with E-state index in [9.17, 15) is 4.79 Å². The number of nitrogens with one attached hydrogen (secondary N) is 3. The summed E-state index contributed by atoms with van der Waals surface area (Å²) in [6.45, 7) is 0.731. The Kier molecular flexibility index (Phi) is 4.48. The van der Waals surface area contributed by atoms with Crippen molar-refractivity contribution in [3.8, 4) is 0 Å². The number of carbonyl (C=O) groups is 1. The Morgan fingerprint density at radius 1 is 1.26 bits per heavy atom. The van der Waals surface area contributed by atoms with Crippen molar-refractivity contribution in [3.63, 3.8) is 0 Å². The summed E-state index contributed by atoms with van der Waals surface area (Å²) in [7, 11) is 0. The number of benzene rings is 1. The highest BCUT2D eigenvalue weighted by atomic mass is 32.1. The molecule has 158 valence electrons. The van der Waals surface area contributed by atoms with E-state index in [-0.39, 0.29) is 12.2 Å². The molecule has 0 spiro atoms. The third-order valence-electron chi connectivity index (χ3n) is 6.01. The molecule has 3 N–H and O–H groups in total.